The third kappa shape index (κ3) is 3.23. The maximum absolute atomic E-state index is 6.47. The van der Waals surface area contributed by atoms with Gasteiger partial charge in [0.25, 0.3) is 0 Å². The van der Waals surface area contributed by atoms with Crippen LogP contribution in [0.1, 0.15) is 28.8 Å². The molecule has 21 heavy (non-hydrogen) atoms. The number of hydrogen-bond donors (Lipinski definition) is 1. The second-order valence-corrected chi connectivity index (χ2v) is 5.25. The summed E-state index contributed by atoms with van der Waals surface area (Å²) in [4.78, 5) is 0. The van der Waals surface area contributed by atoms with Crippen LogP contribution in [0.3, 0.4) is 0 Å². The van der Waals surface area contributed by atoms with Crippen LogP contribution in [-0.2, 0) is 6.42 Å². The van der Waals surface area contributed by atoms with Gasteiger partial charge in [-0.05, 0) is 29.7 Å². The van der Waals surface area contributed by atoms with E-state index in [0.717, 1.165) is 12.2 Å². The molecule has 0 spiro atoms. The Kier molecular flexibility index (Phi) is 4.17. The molecule has 0 aliphatic carbocycles. The minimum atomic E-state index is -0.150. The molecule has 0 bridgehead atoms. The molecule has 2 atom stereocenters. The number of nitrogens with two attached hydrogens (primary N) is 1. The molecule has 0 aliphatic rings. The van der Waals surface area contributed by atoms with E-state index >= 15 is 0 Å². The fourth-order valence-corrected chi connectivity index (χ4v) is 2.70. The lowest BCUT2D eigenvalue weighted by Gasteiger charge is -2.23. The van der Waals surface area contributed by atoms with Crippen LogP contribution in [0, 0.1) is 0 Å². The molecule has 1 heterocycles. The van der Waals surface area contributed by atoms with Gasteiger partial charge in [0, 0.05) is 5.92 Å². The zero-order chi connectivity index (χ0) is 14.5. The Labute approximate surface area is 125 Å². The quantitative estimate of drug-likeness (QED) is 0.755. The van der Waals surface area contributed by atoms with Crippen molar-refractivity contribution in [2.75, 3.05) is 0 Å². The van der Waals surface area contributed by atoms with Crippen LogP contribution in [0.5, 0.6) is 0 Å². The van der Waals surface area contributed by atoms with E-state index in [1.807, 2.05) is 24.3 Å². The summed E-state index contributed by atoms with van der Waals surface area (Å²) in [7, 11) is 0. The normalized spacial score (nSPS) is 13.8. The highest BCUT2D eigenvalue weighted by Crippen LogP contribution is 2.32. The Morgan fingerprint density at radius 1 is 0.810 bits per heavy atom. The summed E-state index contributed by atoms with van der Waals surface area (Å²) >= 11 is 0. The van der Waals surface area contributed by atoms with Crippen molar-refractivity contribution >= 4 is 0 Å². The average Bonchev–Trinajstić information content (AvgIpc) is 3.08. The molecular formula is C19H19NO. The first-order chi connectivity index (χ1) is 10.3. The zero-order valence-electron chi connectivity index (χ0n) is 11.9. The monoisotopic (exact) mass is 277 g/mol. The number of benzene rings is 2. The molecule has 2 aromatic carbocycles. The van der Waals surface area contributed by atoms with Gasteiger partial charge in [-0.15, -0.1) is 0 Å². The lowest BCUT2D eigenvalue weighted by molar-refractivity contribution is 0.422. The molecule has 0 radical (unpaired) electrons. The molecule has 0 saturated heterocycles. The highest BCUT2D eigenvalue weighted by Gasteiger charge is 2.23. The topological polar surface area (TPSA) is 39.2 Å². The van der Waals surface area contributed by atoms with Crippen molar-refractivity contribution in [1.82, 2.24) is 0 Å². The summed E-state index contributed by atoms with van der Waals surface area (Å²) in [5.74, 6) is 1.03. The van der Waals surface area contributed by atoms with Crippen LogP contribution in [0.4, 0.5) is 0 Å². The second kappa shape index (κ2) is 6.42. The van der Waals surface area contributed by atoms with Crippen molar-refractivity contribution in [1.29, 1.82) is 0 Å². The van der Waals surface area contributed by atoms with Crippen molar-refractivity contribution in [2.45, 2.75) is 18.4 Å². The molecule has 3 aromatic rings. The molecule has 0 saturated carbocycles. The minimum absolute atomic E-state index is 0.150. The smallest absolute Gasteiger partial charge is 0.121 e. The third-order valence-electron chi connectivity index (χ3n) is 3.83. The van der Waals surface area contributed by atoms with E-state index < -0.39 is 0 Å². The Morgan fingerprint density at radius 3 is 2.10 bits per heavy atom. The van der Waals surface area contributed by atoms with Crippen LogP contribution in [-0.4, -0.2) is 0 Å². The predicted molar refractivity (Wildman–Crippen MR) is 85.0 cm³/mol. The lowest BCUT2D eigenvalue weighted by Crippen LogP contribution is -2.21. The molecule has 2 N–H and O–H groups in total. The average molecular weight is 277 g/mol. The Balaban J connectivity index is 1.91. The SMILES string of the molecule is NC(c1ccco1)C(Cc1ccccc1)c1ccccc1. The Hall–Kier alpha value is -2.32. The van der Waals surface area contributed by atoms with Gasteiger partial charge in [0.2, 0.25) is 0 Å². The van der Waals surface area contributed by atoms with Crippen LogP contribution < -0.4 is 5.73 Å². The van der Waals surface area contributed by atoms with Gasteiger partial charge >= 0.3 is 0 Å². The Bertz CT molecular complexity index is 647. The van der Waals surface area contributed by atoms with E-state index in [1.165, 1.54) is 11.1 Å². The van der Waals surface area contributed by atoms with Crippen molar-refractivity contribution in [3.05, 3.63) is 95.9 Å². The van der Waals surface area contributed by atoms with Gasteiger partial charge in [0.15, 0.2) is 0 Å². The van der Waals surface area contributed by atoms with E-state index in [-0.39, 0.29) is 12.0 Å². The molecule has 1 aromatic heterocycles. The predicted octanol–water partition coefficient (Wildman–Crippen LogP) is 4.31. The van der Waals surface area contributed by atoms with Crippen LogP contribution in [0.15, 0.2) is 83.5 Å². The fraction of sp³-hybridized carbons (Fsp3) is 0.158. The molecule has 0 aliphatic heterocycles. The summed E-state index contributed by atoms with van der Waals surface area (Å²) in [6.07, 6.45) is 2.58. The molecule has 2 heteroatoms. The maximum atomic E-state index is 6.47. The fourth-order valence-electron chi connectivity index (χ4n) is 2.70. The van der Waals surface area contributed by atoms with Crippen LogP contribution >= 0.6 is 0 Å². The van der Waals surface area contributed by atoms with Crippen LogP contribution in [0.2, 0.25) is 0 Å². The Morgan fingerprint density at radius 2 is 1.48 bits per heavy atom. The molecular weight excluding hydrogens is 258 g/mol. The van der Waals surface area contributed by atoms with E-state index in [0.29, 0.717) is 0 Å². The summed E-state index contributed by atoms with van der Waals surface area (Å²) in [5, 5.41) is 0. The van der Waals surface area contributed by atoms with Crippen molar-refractivity contribution in [2.24, 2.45) is 5.73 Å². The highest BCUT2D eigenvalue weighted by atomic mass is 16.3. The minimum Gasteiger partial charge on any atom is -0.468 e. The maximum Gasteiger partial charge on any atom is 0.121 e. The van der Waals surface area contributed by atoms with Crippen molar-refractivity contribution < 1.29 is 4.42 Å². The largest absolute Gasteiger partial charge is 0.468 e. The van der Waals surface area contributed by atoms with Gasteiger partial charge in [-0.2, -0.15) is 0 Å². The lowest BCUT2D eigenvalue weighted by atomic mass is 9.85. The van der Waals surface area contributed by atoms with Crippen molar-refractivity contribution in [3.63, 3.8) is 0 Å². The van der Waals surface area contributed by atoms with Gasteiger partial charge < -0.3 is 10.2 Å². The first kappa shape index (κ1) is 13.7. The summed E-state index contributed by atoms with van der Waals surface area (Å²) in [6, 6.07) is 24.6. The molecule has 0 amide bonds. The zero-order valence-corrected chi connectivity index (χ0v) is 11.9. The van der Waals surface area contributed by atoms with Gasteiger partial charge in [0.1, 0.15) is 5.76 Å². The molecule has 106 valence electrons. The van der Waals surface area contributed by atoms with Gasteiger partial charge in [-0.3, -0.25) is 0 Å². The van der Waals surface area contributed by atoms with E-state index in [4.69, 9.17) is 10.2 Å². The van der Waals surface area contributed by atoms with Crippen LogP contribution in [0.25, 0.3) is 0 Å². The van der Waals surface area contributed by atoms with E-state index in [1.54, 1.807) is 6.26 Å². The summed E-state index contributed by atoms with van der Waals surface area (Å²) in [5.41, 5.74) is 9.00. The number of hydrogen-bond acceptors (Lipinski definition) is 2. The van der Waals surface area contributed by atoms with E-state index in [2.05, 4.69) is 48.5 Å². The number of furan rings is 1. The molecule has 0 fully saturated rings. The summed E-state index contributed by atoms with van der Waals surface area (Å²) < 4.78 is 5.51. The molecule has 3 rings (SSSR count). The second-order valence-electron chi connectivity index (χ2n) is 5.25. The van der Waals surface area contributed by atoms with E-state index in [9.17, 15) is 0 Å². The van der Waals surface area contributed by atoms with Gasteiger partial charge in [0.05, 0.1) is 12.3 Å². The van der Waals surface area contributed by atoms with Gasteiger partial charge in [-0.25, -0.2) is 0 Å². The standard InChI is InChI=1S/C19H19NO/c20-19(18-12-7-13-21-18)17(16-10-5-2-6-11-16)14-15-8-3-1-4-9-15/h1-13,17,19H,14,20H2. The summed E-state index contributed by atoms with van der Waals surface area (Å²) in [6.45, 7) is 0. The first-order valence-electron chi connectivity index (χ1n) is 7.22. The first-order valence-corrected chi connectivity index (χ1v) is 7.22. The van der Waals surface area contributed by atoms with Gasteiger partial charge in [-0.1, -0.05) is 60.7 Å². The molecule has 2 nitrogen and oxygen atoms in total. The molecule has 2 unspecified atom stereocenters. The number of rotatable bonds is 5. The highest BCUT2D eigenvalue weighted by molar-refractivity contribution is 5.27. The third-order valence-corrected chi connectivity index (χ3v) is 3.83. The van der Waals surface area contributed by atoms with Crippen molar-refractivity contribution in [3.8, 4) is 0 Å².